The van der Waals surface area contributed by atoms with Gasteiger partial charge in [-0.05, 0) is 25.8 Å². The van der Waals surface area contributed by atoms with Crippen molar-refractivity contribution in [2.45, 2.75) is 51.6 Å². The Kier molecular flexibility index (Phi) is 7.15. The second-order valence-corrected chi connectivity index (χ2v) is 4.93. The lowest BCUT2D eigenvalue weighted by Gasteiger charge is -2.15. The molecule has 5 heteroatoms. The number of aldehydes is 1. The van der Waals surface area contributed by atoms with Crippen molar-refractivity contribution < 1.29 is 24.2 Å². The van der Waals surface area contributed by atoms with Gasteiger partial charge < -0.3 is 14.6 Å². The van der Waals surface area contributed by atoms with Crippen molar-refractivity contribution in [2.75, 3.05) is 6.61 Å². The number of ketones is 1. The largest absolute Gasteiger partial charge is 0.466 e. The van der Waals surface area contributed by atoms with E-state index in [4.69, 9.17) is 4.74 Å². The van der Waals surface area contributed by atoms with E-state index in [0.717, 1.165) is 25.5 Å². The van der Waals surface area contributed by atoms with Crippen LogP contribution in [0.5, 0.6) is 0 Å². The summed E-state index contributed by atoms with van der Waals surface area (Å²) in [6.45, 7) is 1.99. The molecular formula is C15H22O5. The zero-order chi connectivity index (χ0) is 15.0. The SMILES string of the molecule is CCOC(=O)C(CCCCCC=O)C1=CC(O)CC1=O. The van der Waals surface area contributed by atoms with Gasteiger partial charge in [-0.15, -0.1) is 0 Å². The number of Topliss-reactive ketones (excluding diaryl/α,β-unsaturated/α-hetero) is 1. The molecule has 0 aliphatic heterocycles. The lowest BCUT2D eigenvalue weighted by molar-refractivity contribution is -0.147. The molecule has 0 amide bonds. The first-order valence-corrected chi connectivity index (χ1v) is 7.13. The van der Waals surface area contributed by atoms with E-state index < -0.39 is 18.0 Å². The Morgan fingerprint density at radius 2 is 2.25 bits per heavy atom. The van der Waals surface area contributed by atoms with Gasteiger partial charge in [0.1, 0.15) is 6.29 Å². The van der Waals surface area contributed by atoms with Gasteiger partial charge in [-0.2, -0.15) is 0 Å². The molecular weight excluding hydrogens is 260 g/mol. The topological polar surface area (TPSA) is 80.7 Å². The van der Waals surface area contributed by atoms with Gasteiger partial charge >= 0.3 is 5.97 Å². The fourth-order valence-electron chi connectivity index (χ4n) is 2.37. The van der Waals surface area contributed by atoms with Crippen molar-refractivity contribution in [2.24, 2.45) is 5.92 Å². The van der Waals surface area contributed by atoms with Crippen LogP contribution in [0.3, 0.4) is 0 Å². The molecule has 5 nitrogen and oxygen atoms in total. The zero-order valence-corrected chi connectivity index (χ0v) is 11.8. The average molecular weight is 282 g/mol. The Morgan fingerprint density at radius 3 is 2.80 bits per heavy atom. The third-order valence-corrected chi connectivity index (χ3v) is 3.35. The van der Waals surface area contributed by atoms with Crippen molar-refractivity contribution in [3.05, 3.63) is 11.6 Å². The quantitative estimate of drug-likeness (QED) is 0.394. The van der Waals surface area contributed by atoms with Crippen LogP contribution in [0.25, 0.3) is 0 Å². The van der Waals surface area contributed by atoms with Gasteiger partial charge in [0.15, 0.2) is 5.78 Å². The molecule has 0 aromatic heterocycles. The fourth-order valence-corrected chi connectivity index (χ4v) is 2.37. The van der Waals surface area contributed by atoms with E-state index in [-0.39, 0.29) is 18.8 Å². The van der Waals surface area contributed by atoms with Crippen LogP contribution in [-0.2, 0) is 19.1 Å². The number of hydrogen-bond acceptors (Lipinski definition) is 5. The van der Waals surface area contributed by atoms with Gasteiger partial charge in [-0.1, -0.05) is 12.8 Å². The maximum Gasteiger partial charge on any atom is 0.313 e. The van der Waals surface area contributed by atoms with Crippen molar-refractivity contribution in [1.82, 2.24) is 0 Å². The Hall–Kier alpha value is -1.49. The van der Waals surface area contributed by atoms with Gasteiger partial charge in [0, 0.05) is 18.4 Å². The van der Waals surface area contributed by atoms with Crippen LogP contribution < -0.4 is 0 Å². The molecule has 112 valence electrons. The highest BCUT2D eigenvalue weighted by atomic mass is 16.5. The molecule has 0 aromatic rings. The zero-order valence-electron chi connectivity index (χ0n) is 11.8. The second-order valence-electron chi connectivity index (χ2n) is 4.93. The maximum absolute atomic E-state index is 11.9. The van der Waals surface area contributed by atoms with Gasteiger partial charge in [-0.25, -0.2) is 0 Å². The average Bonchev–Trinajstić information content (AvgIpc) is 2.73. The highest BCUT2D eigenvalue weighted by molar-refractivity contribution is 6.02. The van der Waals surface area contributed by atoms with E-state index >= 15 is 0 Å². The molecule has 1 N–H and O–H groups in total. The molecule has 2 atom stereocenters. The van der Waals surface area contributed by atoms with Crippen LogP contribution in [0.2, 0.25) is 0 Å². The highest BCUT2D eigenvalue weighted by Crippen LogP contribution is 2.27. The van der Waals surface area contributed by atoms with Crippen molar-refractivity contribution in [1.29, 1.82) is 0 Å². The lowest BCUT2D eigenvalue weighted by Crippen LogP contribution is -2.22. The van der Waals surface area contributed by atoms with Crippen LogP contribution in [0.15, 0.2) is 11.6 Å². The Morgan fingerprint density at radius 1 is 1.50 bits per heavy atom. The third kappa shape index (κ3) is 4.89. The Bertz CT molecular complexity index is 386. The number of hydrogen-bond donors (Lipinski definition) is 1. The minimum absolute atomic E-state index is 0.0520. The summed E-state index contributed by atoms with van der Waals surface area (Å²) in [5.41, 5.74) is 0.381. The molecule has 0 heterocycles. The van der Waals surface area contributed by atoms with Crippen molar-refractivity contribution in [3.8, 4) is 0 Å². The number of rotatable bonds is 9. The summed E-state index contributed by atoms with van der Waals surface area (Å²) in [5, 5.41) is 9.48. The molecule has 0 fully saturated rings. The lowest BCUT2D eigenvalue weighted by atomic mass is 9.91. The predicted molar refractivity (Wildman–Crippen MR) is 73.0 cm³/mol. The van der Waals surface area contributed by atoms with Crippen LogP contribution in [0.4, 0.5) is 0 Å². The summed E-state index contributed by atoms with van der Waals surface area (Å²) >= 11 is 0. The van der Waals surface area contributed by atoms with Crippen LogP contribution >= 0.6 is 0 Å². The first-order chi connectivity index (χ1) is 9.60. The van der Waals surface area contributed by atoms with Crippen molar-refractivity contribution in [3.63, 3.8) is 0 Å². The Balaban J connectivity index is 2.61. The monoisotopic (exact) mass is 282 g/mol. The first-order valence-electron chi connectivity index (χ1n) is 7.13. The van der Waals surface area contributed by atoms with E-state index in [1.807, 2.05) is 0 Å². The molecule has 0 radical (unpaired) electrons. The number of unbranched alkanes of at least 4 members (excludes halogenated alkanes) is 3. The summed E-state index contributed by atoms with van der Waals surface area (Å²) in [6, 6.07) is 0. The van der Waals surface area contributed by atoms with Gasteiger partial charge in [0.2, 0.25) is 0 Å². The summed E-state index contributed by atoms with van der Waals surface area (Å²) < 4.78 is 5.01. The summed E-state index contributed by atoms with van der Waals surface area (Å²) in [6.07, 6.45) is 5.01. The van der Waals surface area contributed by atoms with Crippen LogP contribution in [-0.4, -0.2) is 35.9 Å². The number of aliphatic hydroxyl groups is 1. The highest BCUT2D eigenvalue weighted by Gasteiger charge is 2.33. The smallest absolute Gasteiger partial charge is 0.313 e. The molecule has 0 spiro atoms. The van der Waals surface area contributed by atoms with E-state index in [2.05, 4.69) is 0 Å². The number of aliphatic hydroxyl groups excluding tert-OH is 1. The van der Waals surface area contributed by atoms with Gasteiger partial charge in [0.25, 0.3) is 0 Å². The minimum atomic E-state index is -0.788. The first kappa shape index (κ1) is 16.6. The number of carbonyl (C=O) groups is 3. The summed E-state index contributed by atoms with van der Waals surface area (Å²) in [7, 11) is 0. The molecule has 1 rings (SSSR count). The fraction of sp³-hybridized carbons (Fsp3) is 0.667. The van der Waals surface area contributed by atoms with Crippen molar-refractivity contribution >= 4 is 18.0 Å². The molecule has 1 aliphatic rings. The van der Waals surface area contributed by atoms with Crippen LogP contribution in [0.1, 0.15) is 45.4 Å². The standard InChI is InChI=1S/C15H22O5/c1-2-20-15(19)12(7-5-3-4-6-8-16)13-9-11(17)10-14(13)18/h8-9,11-12,17H,2-7,10H2,1H3. The van der Waals surface area contributed by atoms with Crippen LogP contribution in [0, 0.1) is 5.92 Å². The molecule has 0 aromatic carbocycles. The maximum atomic E-state index is 11.9. The molecule has 0 saturated heterocycles. The molecule has 0 bridgehead atoms. The second kappa shape index (κ2) is 8.64. The van der Waals surface area contributed by atoms with Gasteiger partial charge in [-0.3, -0.25) is 9.59 Å². The third-order valence-electron chi connectivity index (χ3n) is 3.35. The summed E-state index contributed by atoms with van der Waals surface area (Å²) in [5.74, 6) is -1.17. The minimum Gasteiger partial charge on any atom is -0.466 e. The summed E-state index contributed by atoms with van der Waals surface area (Å²) in [4.78, 5) is 34.0. The number of ether oxygens (including phenoxy) is 1. The van der Waals surface area contributed by atoms with E-state index in [1.54, 1.807) is 6.92 Å². The predicted octanol–water partition coefficient (Wildman–Crippen LogP) is 1.58. The molecule has 1 aliphatic carbocycles. The number of carbonyl (C=O) groups excluding carboxylic acids is 3. The molecule has 2 unspecified atom stereocenters. The van der Waals surface area contributed by atoms with E-state index in [0.29, 0.717) is 18.4 Å². The molecule has 0 saturated carbocycles. The normalized spacial score (nSPS) is 19.6. The van der Waals surface area contributed by atoms with E-state index in [1.165, 1.54) is 6.08 Å². The Labute approximate surface area is 119 Å². The molecule has 20 heavy (non-hydrogen) atoms. The van der Waals surface area contributed by atoms with Gasteiger partial charge in [0.05, 0.1) is 18.6 Å². The van der Waals surface area contributed by atoms with E-state index in [9.17, 15) is 19.5 Å². The number of esters is 1.